The van der Waals surface area contributed by atoms with Gasteiger partial charge in [0.1, 0.15) is 5.75 Å². The molecule has 2 aromatic rings. The number of carbonyl (C=O) groups is 2. The van der Waals surface area contributed by atoms with E-state index in [1.54, 1.807) is 55.6 Å². The molecule has 108 valence electrons. The lowest BCUT2D eigenvalue weighted by Crippen LogP contribution is -2.18. The second-order valence-electron chi connectivity index (χ2n) is 4.31. The minimum Gasteiger partial charge on any atom is -0.496 e. The molecule has 2 rings (SSSR count). The summed E-state index contributed by atoms with van der Waals surface area (Å²) in [6.45, 7) is 0. The van der Waals surface area contributed by atoms with Crippen molar-refractivity contribution < 1.29 is 14.3 Å². The number of anilines is 1. The molecule has 0 saturated heterocycles. The van der Waals surface area contributed by atoms with Gasteiger partial charge in [0.25, 0.3) is 11.8 Å². The number of rotatable bonds is 4. The van der Waals surface area contributed by atoms with Crippen molar-refractivity contribution in [2.45, 2.75) is 0 Å². The van der Waals surface area contributed by atoms with Crippen molar-refractivity contribution in [3.05, 3.63) is 59.7 Å². The molecule has 0 aliphatic heterocycles. The molecule has 0 heterocycles. The van der Waals surface area contributed by atoms with Crippen LogP contribution < -0.4 is 15.4 Å². The molecule has 5 heteroatoms. The summed E-state index contributed by atoms with van der Waals surface area (Å²) < 4.78 is 5.16. The number of methoxy groups -OCH3 is 1. The lowest BCUT2D eigenvalue weighted by Gasteiger charge is -2.10. The maximum atomic E-state index is 12.3. The third-order valence-electron chi connectivity index (χ3n) is 2.96. The quantitative estimate of drug-likeness (QED) is 0.905. The van der Waals surface area contributed by atoms with E-state index < -0.39 is 0 Å². The second-order valence-corrected chi connectivity index (χ2v) is 4.31. The van der Waals surface area contributed by atoms with Gasteiger partial charge >= 0.3 is 0 Å². The monoisotopic (exact) mass is 284 g/mol. The van der Waals surface area contributed by atoms with Gasteiger partial charge < -0.3 is 15.4 Å². The first-order valence-electron chi connectivity index (χ1n) is 6.42. The van der Waals surface area contributed by atoms with Crippen molar-refractivity contribution in [1.29, 1.82) is 0 Å². The Hall–Kier alpha value is -2.82. The molecule has 0 spiro atoms. The SMILES string of the molecule is CNC(=O)c1cccc(NC(=O)c2ccccc2OC)c1. The summed E-state index contributed by atoms with van der Waals surface area (Å²) in [5.41, 5.74) is 1.47. The molecule has 0 atom stereocenters. The molecule has 21 heavy (non-hydrogen) atoms. The molecule has 2 N–H and O–H groups in total. The van der Waals surface area contributed by atoms with E-state index >= 15 is 0 Å². The van der Waals surface area contributed by atoms with Crippen LogP contribution in [0.4, 0.5) is 5.69 Å². The lowest BCUT2D eigenvalue weighted by molar-refractivity contribution is 0.0961. The summed E-state index contributed by atoms with van der Waals surface area (Å²) in [7, 11) is 3.07. The fourth-order valence-electron chi connectivity index (χ4n) is 1.91. The number of hydrogen-bond acceptors (Lipinski definition) is 3. The zero-order chi connectivity index (χ0) is 15.2. The Morgan fingerprint density at radius 1 is 1.00 bits per heavy atom. The van der Waals surface area contributed by atoms with E-state index in [0.717, 1.165) is 0 Å². The van der Waals surface area contributed by atoms with Crippen molar-refractivity contribution in [1.82, 2.24) is 5.32 Å². The average molecular weight is 284 g/mol. The van der Waals surface area contributed by atoms with Crippen LogP contribution in [0, 0.1) is 0 Å². The van der Waals surface area contributed by atoms with Gasteiger partial charge in [0.05, 0.1) is 12.7 Å². The number of amides is 2. The summed E-state index contributed by atoms with van der Waals surface area (Å²) in [5.74, 6) is 0.00218. The first kappa shape index (κ1) is 14.6. The van der Waals surface area contributed by atoms with E-state index in [4.69, 9.17) is 4.74 Å². The Kier molecular flexibility index (Phi) is 4.56. The molecular weight excluding hydrogens is 268 g/mol. The van der Waals surface area contributed by atoms with Gasteiger partial charge in [-0.3, -0.25) is 9.59 Å². The standard InChI is InChI=1S/C16H16N2O3/c1-17-15(19)11-6-5-7-12(10-11)18-16(20)13-8-3-4-9-14(13)21-2/h3-10H,1-2H3,(H,17,19)(H,18,20). The molecule has 0 unspecified atom stereocenters. The highest BCUT2D eigenvalue weighted by Crippen LogP contribution is 2.19. The summed E-state index contributed by atoms with van der Waals surface area (Å²) in [6.07, 6.45) is 0. The van der Waals surface area contributed by atoms with Crippen LogP contribution in [-0.4, -0.2) is 26.0 Å². The normalized spacial score (nSPS) is 9.81. The predicted molar refractivity (Wildman–Crippen MR) is 80.8 cm³/mol. The number of benzene rings is 2. The largest absolute Gasteiger partial charge is 0.496 e. The smallest absolute Gasteiger partial charge is 0.259 e. The van der Waals surface area contributed by atoms with Gasteiger partial charge in [-0.15, -0.1) is 0 Å². The zero-order valence-corrected chi connectivity index (χ0v) is 11.8. The average Bonchev–Trinajstić information content (AvgIpc) is 2.54. The molecule has 0 saturated carbocycles. The van der Waals surface area contributed by atoms with Gasteiger partial charge in [-0.1, -0.05) is 18.2 Å². The highest BCUT2D eigenvalue weighted by Gasteiger charge is 2.12. The van der Waals surface area contributed by atoms with Gasteiger partial charge in [-0.25, -0.2) is 0 Å². The van der Waals surface area contributed by atoms with Crippen molar-refractivity contribution >= 4 is 17.5 Å². The van der Waals surface area contributed by atoms with Gasteiger partial charge in [0, 0.05) is 18.3 Å². The lowest BCUT2D eigenvalue weighted by atomic mass is 10.1. The number of ether oxygens (including phenoxy) is 1. The highest BCUT2D eigenvalue weighted by molar-refractivity contribution is 6.06. The topological polar surface area (TPSA) is 67.4 Å². The maximum Gasteiger partial charge on any atom is 0.259 e. The van der Waals surface area contributed by atoms with Crippen LogP contribution in [0.25, 0.3) is 0 Å². The van der Waals surface area contributed by atoms with Crippen LogP contribution in [0.15, 0.2) is 48.5 Å². The summed E-state index contributed by atoms with van der Waals surface area (Å²) in [6, 6.07) is 13.7. The fourth-order valence-corrected chi connectivity index (χ4v) is 1.91. The molecule has 0 radical (unpaired) electrons. The van der Waals surface area contributed by atoms with E-state index in [-0.39, 0.29) is 11.8 Å². The summed E-state index contributed by atoms with van der Waals surface area (Å²) in [5, 5.41) is 5.29. The summed E-state index contributed by atoms with van der Waals surface area (Å²) in [4.78, 5) is 23.8. The maximum absolute atomic E-state index is 12.3. The molecule has 0 bridgehead atoms. The minimum atomic E-state index is -0.290. The van der Waals surface area contributed by atoms with Gasteiger partial charge in [0.2, 0.25) is 0 Å². The fraction of sp³-hybridized carbons (Fsp3) is 0.125. The van der Waals surface area contributed by atoms with E-state index in [2.05, 4.69) is 10.6 Å². The van der Waals surface area contributed by atoms with Gasteiger partial charge in [0.15, 0.2) is 0 Å². The van der Waals surface area contributed by atoms with E-state index in [1.165, 1.54) is 7.11 Å². The molecule has 0 aliphatic carbocycles. The summed E-state index contributed by atoms with van der Waals surface area (Å²) >= 11 is 0. The number of hydrogen-bond donors (Lipinski definition) is 2. The molecule has 5 nitrogen and oxygen atoms in total. The van der Waals surface area contributed by atoms with Crippen LogP contribution in [-0.2, 0) is 0 Å². The van der Waals surface area contributed by atoms with Gasteiger partial charge in [-0.05, 0) is 30.3 Å². The highest BCUT2D eigenvalue weighted by atomic mass is 16.5. The Balaban J connectivity index is 2.22. The first-order valence-corrected chi connectivity index (χ1v) is 6.42. The van der Waals surface area contributed by atoms with Crippen LogP contribution in [0.5, 0.6) is 5.75 Å². The minimum absolute atomic E-state index is 0.205. The van der Waals surface area contributed by atoms with E-state index in [0.29, 0.717) is 22.6 Å². The molecule has 0 aromatic heterocycles. The third kappa shape index (κ3) is 3.39. The van der Waals surface area contributed by atoms with E-state index in [9.17, 15) is 9.59 Å². The zero-order valence-electron chi connectivity index (χ0n) is 11.8. The molecule has 2 aromatic carbocycles. The second kappa shape index (κ2) is 6.56. The van der Waals surface area contributed by atoms with Gasteiger partial charge in [-0.2, -0.15) is 0 Å². The molecule has 2 amide bonds. The van der Waals surface area contributed by atoms with Crippen molar-refractivity contribution in [2.75, 3.05) is 19.5 Å². The van der Waals surface area contributed by atoms with Crippen LogP contribution >= 0.6 is 0 Å². The Morgan fingerprint density at radius 3 is 2.48 bits per heavy atom. The Labute approximate surface area is 122 Å². The number of para-hydroxylation sites is 1. The third-order valence-corrected chi connectivity index (χ3v) is 2.96. The molecule has 0 aliphatic rings. The van der Waals surface area contributed by atoms with Crippen LogP contribution in [0.1, 0.15) is 20.7 Å². The Morgan fingerprint density at radius 2 is 1.76 bits per heavy atom. The van der Waals surface area contributed by atoms with Crippen molar-refractivity contribution in [2.24, 2.45) is 0 Å². The number of nitrogens with one attached hydrogen (secondary N) is 2. The van der Waals surface area contributed by atoms with E-state index in [1.807, 2.05) is 0 Å². The van der Waals surface area contributed by atoms with Crippen LogP contribution in [0.2, 0.25) is 0 Å². The van der Waals surface area contributed by atoms with Crippen molar-refractivity contribution in [3.63, 3.8) is 0 Å². The molecule has 0 fully saturated rings. The van der Waals surface area contributed by atoms with Crippen molar-refractivity contribution in [3.8, 4) is 5.75 Å². The Bertz CT molecular complexity index is 668. The number of carbonyl (C=O) groups excluding carboxylic acids is 2. The predicted octanol–water partition coefficient (Wildman–Crippen LogP) is 2.31. The van der Waals surface area contributed by atoms with Crippen LogP contribution in [0.3, 0.4) is 0 Å². The molecular formula is C16H16N2O3. The first-order chi connectivity index (χ1) is 10.2.